The quantitative estimate of drug-likeness (QED) is 0.161. The van der Waals surface area contributed by atoms with Crippen LogP contribution in [0.5, 0.6) is 0 Å². The summed E-state index contributed by atoms with van der Waals surface area (Å²) in [6.45, 7) is 0. The molecule has 0 aliphatic rings. The summed E-state index contributed by atoms with van der Waals surface area (Å²) in [5, 5.41) is 15.1. The maximum absolute atomic E-state index is 2.44. The van der Waals surface area contributed by atoms with Crippen LogP contribution < -0.4 is 0 Å². The molecular formula is C50H30S2. The van der Waals surface area contributed by atoms with E-state index in [-0.39, 0.29) is 0 Å². The molecule has 52 heavy (non-hydrogen) atoms. The zero-order valence-corrected chi connectivity index (χ0v) is 29.8. The molecule has 9 aromatic carbocycles. The highest BCUT2D eigenvalue weighted by molar-refractivity contribution is 7.26. The van der Waals surface area contributed by atoms with Gasteiger partial charge in [0, 0.05) is 30.6 Å². The van der Waals surface area contributed by atoms with Crippen LogP contribution in [-0.4, -0.2) is 0 Å². The van der Waals surface area contributed by atoms with Crippen LogP contribution in [0.1, 0.15) is 0 Å². The van der Waals surface area contributed by atoms with Crippen molar-refractivity contribution < 1.29 is 0 Å². The van der Waals surface area contributed by atoms with E-state index in [1.54, 1.807) is 0 Å². The van der Waals surface area contributed by atoms with E-state index in [4.69, 9.17) is 0 Å². The minimum atomic E-state index is 1.25. The Bertz CT molecular complexity index is 3050. The van der Waals surface area contributed by atoms with Crippen LogP contribution in [0, 0.1) is 0 Å². The second-order valence-corrected chi connectivity index (χ2v) is 15.5. The van der Waals surface area contributed by atoms with E-state index in [0.29, 0.717) is 0 Å². The molecule has 0 saturated heterocycles. The van der Waals surface area contributed by atoms with Crippen molar-refractivity contribution in [3.05, 3.63) is 181 Å². The minimum Gasteiger partial charge on any atom is -0.144 e. The molecule has 0 bridgehead atoms. The molecule has 0 saturated carbocycles. The molecule has 11 rings (SSSR count). The first kappa shape index (κ1) is 29.6. The molecule has 0 aliphatic heterocycles. The van der Waals surface area contributed by atoms with Gasteiger partial charge in [-0.2, -0.15) is 0 Å². The molecule has 242 valence electrons. The highest BCUT2D eigenvalue weighted by Gasteiger charge is 2.21. The van der Waals surface area contributed by atoms with Crippen LogP contribution in [0.2, 0.25) is 0 Å². The van der Waals surface area contributed by atoms with E-state index < -0.39 is 0 Å². The van der Waals surface area contributed by atoms with Gasteiger partial charge in [0.2, 0.25) is 0 Å². The van der Waals surface area contributed by atoms with Crippen LogP contribution in [0.15, 0.2) is 181 Å². The number of thiophene rings is 2. The third kappa shape index (κ3) is 4.38. The van der Waals surface area contributed by atoms with Gasteiger partial charge in [0.15, 0.2) is 0 Å². The average Bonchev–Trinajstić information content (AvgIpc) is 3.87. The topological polar surface area (TPSA) is 0 Å². The van der Waals surface area contributed by atoms with E-state index in [0.717, 1.165) is 0 Å². The molecule has 0 N–H and O–H groups in total. The van der Waals surface area contributed by atoms with E-state index in [9.17, 15) is 0 Å². The molecule has 0 fully saturated rings. The molecular weight excluding hydrogens is 665 g/mol. The van der Waals surface area contributed by atoms with Crippen molar-refractivity contribution in [1.29, 1.82) is 0 Å². The molecule has 2 aromatic heterocycles. The molecule has 2 heteroatoms. The number of hydrogen-bond acceptors (Lipinski definition) is 2. The summed E-state index contributed by atoms with van der Waals surface area (Å²) < 4.78 is 2.62. The van der Waals surface area contributed by atoms with Gasteiger partial charge < -0.3 is 0 Å². The SMILES string of the molecule is c1ccc(-c2c3ccccc3c(-c3cccc4sc5cc(-c6c7ccccc7c(-c7cccs7)c7ccccc67)ccc5c34)c3ccccc23)cc1. The van der Waals surface area contributed by atoms with E-state index in [2.05, 4.69) is 181 Å². The Morgan fingerprint density at radius 2 is 0.827 bits per heavy atom. The first-order chi connectivity index (χ1) is 25.8. The lowest BCUT2D eigenvalue weighted by molar-refractivity contribution is 1.67. The molecule has 11 aromatic rings. The minimum absolute atomic E-state index is 1.25. The van der Waals surface area contributed by atoms with Gasteiger partial charge in [0.1, 0.15) is 0 Å². The molecule has 0 spiro atoms. The average molecular weight is 695 g/mol. The molecule has 2 heterocycles. The maximum Gasteiger partial charge on any atom is 0.0361 e. The van der Waals surface area contributed by atoms with Crippen LogP contribution in [-0.2, 0) is 0 Å². The van der Waals surface area contributed by atoms with Crippen LogP contribution >= 0.6 is 22.7 Å². The lowest BCUT2D eigenvalue weighted by Crippen LogP contribution is -1.91. The Morgan fingerprint density at radius 1 is 0.308 bits per heavy atom. The van der Waals surface area contributed by atoms with Gasteiger partial charge in [-0.1, -0.05) is 158 Å². The third-order valence-electron chi connectivity index (χ3n) is 10.7. The second kappa shape index (κ2) is 11.7. The largest absolute Gasteiger partial charge is 0.144 e. The van der Waals surface area contributed by atoms with Crippen molar-refractivity contribution in [3.8, 4) is 43.8 Å². The Morgan fingerprint density at radius 3 is 1.38 bits per heavy atom. The Balaban J connectivity index is 1.19. The monoisotopic (exact) mass is 694 g/mol. The summed E-state index contributed by atoms with van der Waals surface area (Å²) in [5.41, 5.74) is 9.04. The normalized spacial score (nSPS) is 11.8. The summed E-state index contributed by atoms with van der Waals surface area (Å²) in [6.07, 6.45) is 0. The fourth-order valence-electron chi connectivity index (χ4n) is 8.65. The van der Waals surface area contributed by atoms with Gasteiger partial charge in [0.25, 0.3) is 0 Å². The number of benzene rings is 9. The Hall–Kier alpha value is -6.06. The summed E-state index contributed by atoms with van der Waals surface area (Å²) >= 11 is 3.72. The van der Waals surface area contributed by atoms with Gasteiger partial charge in [-0.25, -0.2) is 0 Å². The van der Waals surface area contributed by atoms with Crippen molar-refractivity contribution in [2.24, 2.45) is 0 Å². The summed E-state index contributed by atoms with van der Waals surface area (Å²) in [6, 6.07) is 65.2. The lowest BCUT2D eigenvalue weighted by atomic mass is 9.85. The summed E-state index contributed by atoms with van der Waals surface area (Å²) in [5.74, 6) is 0. The van der Waals surface area contributed by atoms with Crippen LogP contribution in [0.3, 0.4) is 0 Å². The molecule has 0 atom stereocenters. The van der Waals surface area contributed by atoms with Crippen molar-refractivity contribution in [2.45, 2.75) is 0 Å². The van der Waals surface area contributed by atoms with E-state index >= 15 is 0 Å². The van der Waals surface area contributed by atoms with Gasteiger partial charge in [-0.15, -0.1) is 22.7 Å². The molecule has 0 unspecified atom stereocenters. The van der Waals surface area contributed by atoms with Crippen molar-refractivity contribution >= 4 is 85.9 Å². The standard InChI is InChI=1S/C50H30S2/c1-2-14-31(15-3-1)46-33-16-4-8-20-37(33)48(38-21-9-5-17-34(38)46)42-24-12-25-44-50(42)41-28-27-32(30-45(41)52-44)47-35-18-6-10-22-39(35)49(43-26-13-29-51-43)40-23-11-7-19-36(40)47/h1-30H. The maximum atomic E-state index is 2.44. The molecule has 0 nitrogen and oxygen atoms in total. The fourth-order valence-corrected chi connectivity index (χ4v) is 10.6. The lowest BCUT2D eigenvalue weighted by Gasteiger charge is -2.18. The first-order valence-corrected chi connectivity index (χ1v) is 19.5. The highest BCUT2D eigenvalue weighted by atomic mass is 32.1. The van der Waals surface area contributed by atoms with Gasteiger partial charge in [-0.05, 0) is 100 Å². The molecule has 0 amide bonds. The fraction of sp³-hybridized carbons (Fsp3) is 0. The number of rotatable bonds is 4. The summed E-state index contributed by atoms with van der Waals surface area (Å²) in [7, 11) is 0. The van der Waals surface area contributed by atoms with Crippen LogP contribution in [0.4, 0.5) is 0 Å². The number of fused-ring (bicyclic) bond motifs is 7. The zero-order valence-electron chi connectivity index (χ0n) is 28.1. The van der Waals surface area contributed by atoms with Gasteiger partial charge in [-0.3, -0.25) is 0 Å². The van der Waals surface area contributed by atoms with Crippen molar-refractivity contribution in [2.75, 3.05) is 0 Å². The Labute approximate surface area is 309 Å². The Kier molecular flexibility index (Phi) is 6.70. The smallest absolute Gasteiger partial charge is 0.0361 e. The molecule has 0 radical (unpaired) electrons. The van der Waals surface area contributed by atoms with Crippen LogP contribution in [0.25, 0.3) is 107 Å². The van der Waals surface area contributed by atoms with E-state index in [1.807, 2.05) is 22.7 Å². The van der Waals surface area contributed by atoms with Crippen molar-refractivity contribution in [1.82, 2.24) is 0 Å². The van der Waals surface area contributed by atoms with Crippen molar-refractivity contribution in [3.63, 3.8) is 0 Å². The third-order valence-corrected chi connectivity index (χ3v) is 12.8. The van der Waals surface area contributed by atoms with Gasteiger partial charge >= 0.3 is 0 Å². The predicted molar refractivity (Wildman–Crippen MR) is 229 cm³/mol. The first-order valence-electron chi connectivity index (χ1n) is 17.8. The zero-order chi connectivity index (χ0) is 34.2. The molecule has 0 aliphatic carbocycles. The second-order valence-electron chi connectivity index (χ2n) is 13.5. The van der Waals surface area contributed by atoms with E-state index in [1.165, 1.54) is 107 Å². The summed E-state index contributed by atoms with van der Waals surface area (Å²) in [4.78, 5) is 1.31. The predicted octanol–water partition coefficient (Wildman–Crippen LogP) is 15.4. The van der Waals surface area contributed by atoms with Gasteiger partial charge in [0.05, 0.1) is 0 Å². The number of hydrogen-bond donors (Lipinski definition) is 0. The highest BCUT2D eigenvalue weighted by Crippen LogP contribution is 2.50.